The highest BCUT2D eigenvalue weighted by molar-refractivity contribution is 9.10. The summed E-state index contributed by atoms with van der Waals surface area (Å²) in [6, 6.07) is 3.29. The largest absolute Gasteiger partial charge is 0.351 e. The zero-order chi connectivity index (χ0) is 11.0. The van der Waals surface area contributed by atoms with Crippen molar-refractivity contribution in [1.29, 1.82) is 0 Å². The van der Waals surface area contributed by atoms with Gasteiger partial charge in [0, 0.05) is 7.05 Å². The van der Waals surface area contributed by atoms with E-state index in [-0.39, 0.29) is 0 Å². The predicted octanol–water partition coefficient (Wildman–Crippen LogP) is 0.0218. The molecule has 0 unspecified atom stereocenters. The van der Waals surface area contributed by atoms with Gasteiger partial charge >= 0.3 is 11.4 Å². The molecule has 0 spiro atoms. The van der Waals surface area contributed by atoms with Gasteiger partial charge in [0.1, 0.15) is 4.60 Å². The molecule has 0 fully saturated rings. The third kappa shape index (κ3) is 1.65. The van der Waals surface area contributed by atoms with Gasteiger partial charge < -0.3 is 0 Å². The number of hydrogen-bond donors (Lipinski definition) is 1. The quantitative estimate of drug-likeness (QED) is 0.743. The van der Waals surface area contributed by atoms with Crippen LogP contribution < -0.4 is 11.4 Å². The lowest BCUT2D eigenvalue weighted by molar-refractivity contribution is 0.722. The molecule has 7 heteroatoms. The highest BCUT2D eigenvalue weighted by Gasteiger charge is 2.08. The molecule has 15 heavy (non-hydrogen) atoms. The minimum absolute atomic E-state index is 0.427. The van der Waals surface area contributed by atoms with Crippen molar-refractivity contribution >= 4 is 15.9 Å². The van der Waals surface area contributed by atoms with Gasteiger partial charge in [0.05, 0.1) is 11.9 Å². The maximum atomic E-state index is 11.5. The molecule has 1 N–H and O–H groups in total. The predicted molar refractivity (Wildman–Crippen MR) is 57.1 cm³/mol. The number of rotatable bonds is 1. The monoisotopic (exact) mass is 270 g/mol. The van der Waals surface area contributed by atoms with E-state index >= 15 is 0 Å². The first-order chi connectivity index (χ1) is 7.09. The van der Waals surface area contributed by atoms with Crippen LogP contribution in [0.3, 0.4) is 0 Å². The molecule has 0 saturated carbocycles. The van der Waals surface area contributed by atoms with Crippen LogP contribution in [0.25, 0.3) is 5.69 Å². The van der Waals surface area contributed by atoms with Crippen molar-refractivity contribution in [3.05, 3.63) is 43.9 Å². The van der Waals surface area contributed by atoms with Crippen molar-refractivity contribution in [2.75, 3.05) is 0 Å². The molecule has 0 bridgehead atoms. The summed E-state index contributed by atoms with van der Waals surface area (Å²) in [4.78, 5) is 26.9. The molecule has 2 aromatic rings. The van der Waals surface area contributed by atoms with Crippen LogP contribution in [-0.4, -0.2) is 19.3 Å². The van der Waals surface area contributed by atoms with E-state index in [0.717, 1.165) is 9.25 Å². The molecule has 2 rings (SSSR count). The molecule has 0 saturated heterocycles. The lowest BCUT2D eigenvalue weighted by atomic mass is 10.4. The van der Waals surface area contributed by atoms with Crippen LogP contribution in [0, 0.1) is 0 Å². The van der Waals surface area contributed by atoms with Gasteiger partial charge in [0.25, 0.3) is 0 Å². The SMILES string of the molecule is Cn1[nH]c(=O)n(-c2ccc(Br)nc2)c1=O. The zero-order valence-corrected chi connectivity index (χ0v) is 9.35. The Morgan fingerprint density at radius 3 is 2.60 bits per heavy atom. The minimum Gasteiger partial charge on any atom is -0.247 e. The second-order valence-electron chi connectivity index (χ2n) is 2.93. The summed E-state index contributed by atoms with van der Waals surface area (Å²) in [6.07, 6.45) is 1.45. The van der Waals surface area contributed by atoms with Crippen molar-refractivity contribution in [1.82, 2.24) is 19.3 Å². The number of aryl methyl sites for hydroxylation is 1. The van der Waals surface area contributed by atoms with Crippen molar-refractivity contribution in [3.8, 4) is 5.69 Å². The van der Waals surface area contributed by atoms with Crippen molar-refractivity contribution < 1.29 is 0 Å². The summed E-state index contributed by atoms with van der Waals surface area (Å²) in [6.45, 7) is 0. The Hall–Kier alpha value is -1.63. The Labute approximate surface area is 92.3 Å². The van der Waals surface area contributed by atoms with Gasteiger partial charge in [-0.2, -0.15) is 0 Å². The molecular weight excluding hydrogens is 264 g/mol. The summed E-state index contributed by atoms with van der Waals surface area (Å²) in [5.74, 6) is 0. The Morgan fingerprint density at radius 1 is 1.40 bits per heavy atom. The van der Waals surface area contributed by atoms with E-state index in [1.165, 1.54) is 13.2 Å². The van der Waals surface area contributed by atoms with E-state index < -0.39 is 11.4 Å². The fourth-order valence-electron chi connectivity index (χ4n) is 1.21. The first-order valence-corrected chi connectivity index (χ1v) is 4.89. The Balaban J connectivity index is 2.69. The van der Waals surface area contributed by atoms with E-state index in [1.54, 1.807) is 12.1 Å². The number of aromatic nitrogens is 4. The lowest BCUT2D eigenvalue weighted by Gasteiger charge is -1.97. The van der Waals surface area contributed by atoms with Crippen LogP contribution in [0.4, 0.5) is 0 Å². The van der Waals surface area contributed by atoms with E-state index in [9.17, 15) is 9.59 Å². The third-order valence-electron chi connectivity index (χ3n) is 1.91. The maximum absolute atomic E-state index is 11.5. The third-order valence-corrected chi connectivity index (χ3v) is 2.38. The molecular formula is C8H7BrN4O2. The first kappa shape index (κ1) is 9.91. The van der Waals surface area contributed by atoms with Crippen LogP contribution in [0.2, 0.25) is 0 Å². The topological polar surface area (TPSA) is 72.7 Å². The van der Waals surface area contributed by atoms with Gasteiger partial charge in [-0.1, -0.05) is 0 Å². The molecule has 78 valence electrons. The maximum Gasteiger partial charge on any atom is 0.351 e. The molecule has 6 nitrogen and oxygen atoms in total. The van der Waals surface area contributed by atoms with E-state index in [2.05, 4.69) is 26.0 Å². The number of pyridine rings is 1. The van der Waals surface area contributed by atoms with Crippen LogP contribution in [0.5, 0.6) is 0 Å². The second kappa shape index (κ2) is 3.50. The number of halogens is 1. The summed E-state index contributed by atoms with van der Waals surface area (Å²) < 4.78 is 2.77. The van der Waals surface area contributed by atoms with Gasteiger partial charge in [-0.25, -0.2) is 28.9 Å². The molecule has 0 amide bonds. The van der Waals surface area contributed by atoms with Crippen LogP contribution in [-0.2, 0) is 7.05 Å². The smallest absolute Gasteiger partial charge is 0.247 e. The molecule has 0 atom stereocenters. The fraction of sp³-hybridized carbons (Fsp3) is 0.125. The molecule has 0 aliphatic heterocycles. The number of H-pyrrole nitrogens is 1. The fourth-order valence-corrected chi connectivity index (χ4v) is 1.44. The Morgan fingerprint density at radius 2 is 2.13 bits per heavy atom. The van der Waals surface area contributed by atoms with Gasteiger partial charge in [0.2, 0.25) is 0 Å². The van der Waals surface area contributed by atoms with Crippen molar-refractivity contribution in [2.45, 2.75) is 0 Å². The molecule has 2 aromatic heterocycles. The Bertz CT molecular complexity index is 592. The number of nitrogens with zero attached hydrogens (tertiary/aromatic N) is 3. The normalized spacial score (nSPS) is 10.5. The number of nitrogens with one attached hydrogen (secondary N) is 1. The zero-order valence-electron chi connectivity index (χ0n) is 7.77. The highest BCUT2D eigenvalue weighted by Crippen LogP contribution is 2.07. The standard InChI is InChI=1S/C8H7BrN4O2/c1-12-8(15)13(7(14)11-12)5-2-3-6(9)10-4-5/h2-4H,1H3,(H,11,14). The van der Waals surface area contributed by atoms with Gasteiger partial charge in [-0.3, -0.25) is 0 Å². The van der Waals surface area contributed by atoms with Crippen molar-refractivity contribution in [3.63, 3.8) is 0 Å². The van der Waals surface area contributed by atoms with E-state index in [4.69, 9.17) is 0 Å². The van der Waals surface area contributed by atoms with Gasteiger partial charge in [0.15, 0.2) is 0 Å². The molecule has 2 heterocycles. The second-order valence-corrected chi connectivity index (χ2v) is 3.75. The number of aromatic amines is 1. The Kier molecular flexibility index (Phi) is 2.31. The summed E-state index contributed by atoms with van der Waals surface area (Å²) in [5.41, 5.74) is -0.471. The average molecular weight is 271 g/mol. The first-order valence-electron chi connectivity index (χ1n) is 4.09. The van der Waals surface area contributed by atoms with Crippen LogP contribution in [0.15, 0.2) is 32.5 Å². The molecule has 0 aromatic carbocycles. The highest BCUT2D eigenvalue weighted by atomic mass is 79.9. The van der Waals surface area contributed by atoms with Crippen molar-refractivity contribution in [2.24, 2.45) is 7.05 Å². The van der Waals surface area contributed by atoms with Crippen LogP contribution in [0.1, 0.15) is 0 Å². The molecule has 0 aliphatic rings. The molecule has 0 aliphatic carbocycles. The summed E-state index contributed by atoms with van der Waals surface area (Å²) >= 11 is 3.17. The van der Waals surface area contributed by atoms with E-state index in [1.807, 2.05) is 0 Å². The van der Waals surface area contributed by atoms with E-state index in [0.29, 0.717) is 10.3 Å². The number of hydrogen-bond acceptors (Lipinski definition) is 3. The summed E-state index contributed by atoms with van der Waals surface area (Å²) in [7, 11) is 1.48. The van der Waals surface area contributed by atoms with Crippen LogP contribution >= 0.6 is 15.9 Å². The van der Waals surface area contributed by atoms with Gasteiger partial charge in [-0.05, 0) is 28.1 Å². The minimum atomic E-state index is -0.480. The molecule has 0 radical (unpaired) electrons. The summed E-state index contributed by atoms with van der Waals surface area (Å²) in [5, 5.41) is 2.36. The van der Waals surface area contributed by atoms with Gasteiger partial charge in [-0.15, -0.1) is 0 Å². The lowest BCUT2D eigenvalue weighted by Crippen LogP contribution is -2.26. The average Bonchev–Trinajstić information content (AvgIpc) is 2.44.